The van der Waals surface area contributed by atoms with Crippen LogP contribution in [0.5, 0.6) is 0 Å². The minimum atomic E-state index is -3.48. The molecule has 0 atom stereocenters. The quantitative estimate of drug-likeness (QED) is 0.691. The number of rotatable bonds is 8. The van der Waals surface area contributed by atoms with E-state index in [1.54, 1.807) is 6.07 Å². The number of carbonyl (C=O) groups is 1. The monoisotopic (exact) mass is 287 g/mol. The van der Waals surface area contributed by atoms with E-state index in [9.17, 15) is 13.2 Å². The Balaban J connectivity index is 2.62. The van der Waals surface area contributed by atoms with Crippen molar-refractivity contribution in [3.05, 3.63) is 35.4 Å². The molecule has 0 aromatic heterocycles. The largest absolute Gasteiger partial charge is 0.478 e. The van der Waals surface area contributed by atoms with Gasteiger partial charge in [-0.1, -0.05) is 12.1 Å². The topological polar surface area (TPSA) is 92.7 Å². The van der Waals surface area contributed by atoms with Gasteiger partial charge in [0.2, 0.25) is 10.0 Å². The first-order valence-corrected chi connectivity index (χ1v) is 7.47. The Morgan fingerprint density at radius 3 is 2.79 bits per heavy atom. The fourth-order valence-electron chi connectivity index (χ4n) is 1.48. The normalized spacial score (nSPS) is 11.4. The van der Waals surface area contributed by atoms with Crippen LogP contribution >= 0.6 is 0 Å². The molecule has 0 spiro atoms. The SMILES string of the molecule is CCOCCNS(=O)(=O)Cc1cccc(C(=O)O)c1. The molecule has 0 saturated carbocycles. The van der Waals surface area contributed by atoms with Crippen molar-refractivity contribution in [1.29, 1.82) is 0 Å². The summed E-state index contributed by atoms with van der Waals surface area (Å²) in [6.45, 7) is 2.87. The van der Waals surface area contributed by atoms with Crippen LogP contribution in [-0.2, 0) is 20.5 Å². The molecule has 0 saturated heterocycles. The zero-order chi connectivity index (χ0) is 14.3. The number of benzene rings is 1. The molecule has 0 radical (unpaired) electrons. The van der Waals surface area contributed by atoms with Crippen molar-refractivity contribution in [2.75, 3.05) is 19.8 Å². The first kappa shape index (κ1) is 15.6. The van der Waals surface area contributed by atoms with Gasteiger partial charge < -0.3 is 9.84 Å². The predicted molar refractivity (Wildman–Crippen MR) is 70.5 cm³/mol. The van der Waals surface area contributed by atoms with Crippen LogP contribution in [0.15, 0.2) is 24.3 Å². The summed E-state index contributed by atoms with van der Waals surface area (Å²) >= 11 is 0. The van der Waals surface area contributed by atoms with E-state index >= 15 is 0 Å². The Morgan fingerprint density at radius 1 is 1.42 bits per heavy atom. The van der Waals surface area contributed by atoms with E-state index in [0.717, 1.165) is 0 Å². The summed E-state index contributed by atoms with van der Waals surface area (Å²) in [4.78, 5) is 10.8. The number of hydrogen-bond acceptors (Lipinski definition) is 4. The molecule has 106 valence electrons. The van der Waals surface area contributed by atoms with Crippen LogP contribution in [0.4, 0.5) is 0 Å². The molecule has 7 heteroatoms. The summed E-state index contributed by atoms with van der Waals surface area (Å²) in [5.74, 6) is -1.33. The lowest BCUT2D eigenvalue weighted by molar-refractivity contribution is 0.0696. The smallest absolute Gasteiger partial charge is 0.335 e. The Kier molecular flexibility index (Phi) is 5.94. The number of hydrogen-bond donors (Lipinski definition) is 2. The minimum Gasteiger partial charge on any atom is -0.478 e. The first-order chi connectivity index (χ1) is 8.94. The molecule has 0 fully saturated rings. The van der Waals surface area contributed by atoms with Gasteiger partial charge >= 0.3 is 5.97 Å². The number of nitrogens with one attached hydrogen (secondary N) is 1. The maximum Gasteiger partial charge on any atom is 0.335 e. The average molecular weight is 287 g/mol. The molecule has 0 aliphatic heterocycles. The Labute approximate surface area is 112 Å². The fraction of sp³-hybridized carbons (Fsp3) is 0.417. The van der Waals surface area contributed by atoms with Crippen LogP contribution < -0.4 is 4.72 Å². The van der Waals surface area contributed by atoms with Crippen LogP contribution in [0.1, 0.15) is 22.8 Å². The lowest BCUT2D eigenvalue weighted by Crippen LogP contribution is -2.28. The van der Waals surface area contributed by atoms with Gasteiger partial charge in [0.15, 0.2) is 0 Å². The van der Waals surface area contributed by atoms with Gasteiger partial charge in [0, 0.05) is 13.2 Å². The molecule has 0 aliphatic rings. The van der Waals surface area contributed by atoms with Crippen molar-refractivity contribution < 1.29 is 23.1 Å². The van der Waals surface area contributed by atoms with E-state index in [-0.39, 0.29) is 17.9 Å². The highest BCUT2D eigenvalue weighted by Gasteiger charge is 2.12. The van der Waals surface area contributed by atoms with Gasteiger partial charge in [-0.15, -0.1) is 0 Å². The first-order valence-electron chi connectivity index (χ1n) is 5.82. The number of ether oxygens (including phenoxy) is 1. The molecule has 1 rings (SSSR count). The van der Waals surface area contributed by atoms with E-state index in [0.29, 0.717) is 18.8 Å². The van der Waals surface area contributed by atoms with E-state index in [1.807, 2.05) is 6.92 Å². The fourth-order valence-corrected chi connectivity index (χ4v) is 2.59. The molecule has 1 aromatic carbocycles. The predicted octanol–water partition coefficient (Wildman–Crippen LogP) is 0.841. The molecule has 0 aliphatic carbocycles. The number of carboxylic acids is 1. The Bertz CT molecular complexity index is 527. The van der Waals surface area contributed by atoms with Gasteiger partial charge in [0.25, 0.3) is 0 Å². The third-order valence-corrected chi connectivity index (χ3v) is 3.66. The van der Waals surface area contributed by atoms with Gasteiger partial charge in [-0.3, -0.25) is 0 Å². The number of sulfonamides is 1. The van der Waals surface area contributed by atoms with Crippen molar-refractivity contribution in [3.8, 4) is 0 Å². The summed E-state index contributed by atoms with van der Waals surface area (Å²) in [6.07, 6.45) is 0. The molecular weight excluding hydrogens is 270 g/mol. The van der Waals surface area contributed by atoms with Crippen LogP contribution in [-0.4, -0.2) is 39.3 Å². The van der Waals surface area contributed by atoms with E-state index in [1.165, 1.54) is 18.2 Å². The van der Waals surface area contributed by atoms with E-state index in [4.69, 9.17) is 9.84 Å². The van der Waals surface area contributed by atoms with Crippen LogP contribution in [0.2, 0.25) is 0 Å². The molecule has 1 aromatic rings. The highest BCUT2D eigenvalue weighted by Crippen LogP contribution is 2.08. The molecule has 0 unspecified atom stereocenters. The molecule has 2 N–H and O–H groups in total. The maximum absolute atomic E-state index is 11.7. The summed E-state index contributed by atoms with van der Waals surface area (Å²) in [6, 6.07) is 5.87. The molecule has 6 nitrogen and oxygen atoms in total. The second-order valence-electron chi connectivity index (χ2n) is 3.86. The van der Waals surface area contributed by atoms with Crippen LogP contribution in [0.25, 0.3) is 0 Å². The maximum atomic E-state index is 11.7. The van der Waals surface area contributed by atoms with Gasteiger partial charge in [-0.25, -0.2) is 17.9 Å². The summed E-state index contributed by atoms with van der Waals surface area (Å²) in [5, 5.41) is 8.83. The second kappa shape index (κ2) is 7.22. The van der Waals surface area contributed by atoms with Crippen molar-refractivity contribution in [2.24, 2.45) is 0 Å². The Hall–Kier alpha value is -1.44. The van der Waals surface area contributed by atoms with Crippen molar-refractivity contribution in [3.63, 3.8) is 0 Å². The van der Waals surface area contributed by atoms with Gasteiger partial charge in [0.1, 0.15) is 0 Å². The average Bonchev–Trinajstić information content (AvgIpc) is 2.34. The molecular formula is C12H17NO5S. The molecule has 0 heterocycles. The lowest BCUT2D eigenvalue weighted by atomic mass is 10.1. The second-order valence-corrected chi connectivity index (χ2v) is 5.66. The highest BCUT2D eigenvalue weighted by molar-refractivity contribution is 7.88. The third-order valence-electron chi connectivity index (χ3n) is 2.30. The minimum absolute atomic E-state index is 0.0713. The molecule has 0 amide bonds. The van der Waals surface area contributed by atoms with E-state index < -0.39 is 16.0 Å². The van der Waals surface area contributed by atoms with Crippen molar-refractivity contribution in [2.45, 2.75) is 12.7 Å². The van der Waals surface area contributed by atoms with Crippen molar-refractivity contribution >= 4 is 16.0 Å². The lowest BCUT2D eigenvalue weighted by Gasteiger charge is -2.07. The summed E-state index contributed by atoms with van der Waals surface area (Å²) < 4.78 is 30.9. The molecule has 0 bridgehead atoms. The standard InChI is InChI=1S/C12H17NO5S/c1-2-18-7-6-13-19(16,17)9-10-4-3-5-11(8-10)12(14)15/h3-5,8,13H,2,6-7,9H2,1H3,(H,14,15). The Morgan fingerprint density at radius 2 is 2.16 bits per heavy atom. The van der Waals surface area contributed by atoms with E-state index in [2.05, 4.69) is 4.72 Å². The molecule has 19 heavy (non-hydrogen) atoms. The summed E-state index contributed by atoms with van der Waals surface area (Å²) in [7, 11) is -3.48. The van der Waals surface area contributed by atoms with Gasteiger partial charge in [-0.2, -0.15) is 0 Å². The highest BCUT2D eigenvalue weighted by atomic mass is 32.2. The third kappa shape index (κ3) is 5.82. The number of aromatic carboxylic acids is 1. The van der Waals surface area contributed by atoms with Gasteiger partial charge in [0.05, 0.1) is 17.9 Å². The zero-order valence-corrected chi connectivity index (χ0v) is 11.4. The zero-order valence-electron chi connectivity index (χ0n) is 10.6. The summed E-state index contributed by atoms with van der Waals surface area (Å²) in [5.41, 5.74) is 0.505. The van der Waals surface area contributed by atoms with Crippen LogP contribution in [0, 0.1) is 0 Å². The van der Waals surface area contributed by atoms with Gasteiger partial charge in [-0.05, 0) is 24.6 Å². The van der Waals surface area contributed by atoms with Crippen LogP contribution in [0.3, 0.4) is 0 Å². The van der Waals surface area contributed by atoms with Crippen molar-refractivity contribution in [1.82, 2.24) is 4.72 Å². The number of carboxylic acid groups (broad SMARTS) is 1.